The van der Waals surface area contributed by atoms with Crippen LogP contribution in [-0.4, -0.2) is 30.5 Å². The van der Waals surface area contributed by atoms with Crippen LogP contribution in [0.2, 0.25) is 0 Å². The molecule has 0 saturated carbocycles. The van der Waals surface area contributed by atoms with Crippen molar-refractivity contribution < 1.29 is 4.79 Å². The Bertz CT molecular complexity index is 120. The lowest BCUT2D eigenvalue weighted by Gasteiger charge is -2.02. The van der Waals surface area contributed by atoms with Gasteiger partial charge in [-0.25, -0.2) is 0 Å². The van der Waals surface area contributed by atoms with Gasteiger partial charge in [-0.15, -0.1) is 0 Å². The summed E-state index contributed by atoms with van der Waals surface area (Å²) in [5.41, 5.74) is 5.31. The third kappa shape index (κ3) is 7.88. The van der Waals surface area contributed by atoms with Crippen molar-refractivity contribution in [1.82, 2.24) is 5.32 Å². The van der Waals surface area contributed by atoms with Gasteiger partial charge in [-0.1, -0.05) is 6.92 Å². The van der Waals surface area contributed by atoms with Crippen LogP contribution < -0.4 is 11.1 Å². The second-order valence-corrected chi connectivity index (χ2v) is 3.65. The molecule has 3 nitrogen and oxygen atoms in total. The van der Waals surface area contributed by atoms with Crippen molar-refractivity contribution in [2.75, 3.05) is 24.6 Å². The molecule has 0 aromatic heterocycles. The number of thioether (sulfide) groups is 1. The van der Waals surface area contributed by atoms with Crippen LogP contribution in [-0.2, 0) is 4.79 Å². The zero-order valence-corrected chi connectivity index (χ0v) is 8.45. The largest absolute Gasteiger partial charge is 0.355 e. The molecule has 4 heteroatoms. The highest BCUT2D eigenvalue weighted by atomic mass is 32.2. The molecule has 0 unspecified atom stereocenters. The van der Waals surface area contributed by atoms with E-state index in [-0.39, 0.29) is 5.91 Å². The molecule has 0 rings (SSSR count). The molecule has 0 fully saturated rings. The summed E-state index contributed by atoms with van der Waals surface area (Å²) >= 11 is 1.64. The first-order valence-electron chi connectivity index (χ1n) is 4.35. The van der Waals surface area contributed by atoms with Crippen LogP contribution in [0, 0.1) is 0 Å². The van der Waals surface area contributed by atoms with E-state index in [1.807, 2.05) is 6.92 Å². The Hall–Kier alpha value is -0.220. The van der Waals surface area contributed by atoms with E-state index in [1.165, 1.54) is 0 Å². The zero-order valence-electron chi connectivity index (χ0n) is 7.64. The molecule has 0 aliphatic heterocycles. The van der Waals surface area contributed by atoms with Gasteiger partial charge < -0.3 is 11.1 Å². The molecule has 0 heterocycles. The number of nitrogens with two attached hydrogens (primary N) is 1. The summed E-state index contributed by atoms with van der Waals surface area (Å²) in [6.45, 7) is 3.54. The third-order valence-electron chi connectivity index (χ3n) is 1.30. The summed E-state index contributed by atoms with van der Waals surface area (Å²) in [7, 11) is 0. The van der Waals surface area contributed by atoms with Crippen molar-refractivity contribution in [1.29, 1.82) is 0 Å². The van der Waals surface area contributed by atoms with E-state index < -0.39 is 0 Å². The highest BCUT2D eigenvalue weighted by Crippen LogP contribution is 2.00. The van der Waals surface area contributed by atoms with Crippen LogP contribution in [0.25, 0.3) is 0 Å². The maximum absolute atomic E-state index is 11.0. The number of carbonyl (C=O) groups excluding carboxylic acids is 1. The van der Waals surface area contributed by atoms with Gasteiger partial charge in [-0.3, -0.25) is 4.79 Å². The van der Waals surface area contributed by atoms with Gasteiger partial charge in [0.15, 0.2) is 0 Å². The third-order valence-corrected chi connectivity index (χ3v) is 2.34. The van der Waals surface area contributed by atoms with E-state index in [1.54, 1.807) is 11.8 Å². The van der Waals surface area contributed by atoms with Crippen LogP contribution in [0.3, 0.4) is 0 Å². The Balaban J connectivity index is 3.08. The first-order chi connectivity index (χ1) is 5.81. The van der Waals surface area contributed by atoms with Gasteiger partial charge in [-0.05, 0) is 25.1 Å². The summed E-state index contributed by atoms with van der Waals surface area (Å²) in [5, 5.41) is 2.82. The molecule has 3 N–H and O–H groups in total. The summed E-state index contributed by atoms with van der Waals surface area (Å²) in [5.74, 6) is 1.69. The van der Waals surface area contributed by atoms with Gasteiger partial charge in [0, 0.05) is 6.54 Å². The molecule has 0 aliphatic rings. The highest BCUT2D eigenvalue weighted by Gasteiger charge is 1.98. The van der Waals surface area contributed by atoms with E-state index in [4.69, 9.17) is 5.73 Å². The summed E-state index contributed by atoms with van der Waals surface area (Å²) in [4.78, 5) is 11.0. The Morgan fingerprint density at radius 2 is 2.33 bits per heavy atom. The number of amides is 1. The first kappa shape index (κ1) is 11.8. The number of nitrogens with one attached hydrogen (secondary N) is 1. The van der Waals surface area contributed by atoms with Gasteiger partial charge in [0.05, 0.1) is 5.75 Å². The van der Waals surface area contributed by atoms with Crippen LogP contribution in [0.1, 0.15) is 19.8 Å². The van der Waals surface area contributed by atoms with Gasteiger partial charge in [0.2, 0.25) is 5.91 Å². The lowest BCUT2D eigenvalue weighted by Crippen LogP contribution is -2.25. The Morgan fingerprint density at radius 3 is 2.92 bits per heavy atom. The predicted molar refractivity (Wildman–Crippen MR) is 54.3 cm³/mol. The van der Waals surface area contributed by atoms with Crippen molar-refractivity contribution in [2.24, 2.45) is 5.73 Å². The zero-order chi connectivity index (χ0) is 9.23. The van der Waals surface area contributed by atoms with E-state index >= 15 is 0 Å². The molecular formula is C8H18N2OS. The fraction of sp³-hybridized carbons (Fsp3) is 0.875. The molecule has 1 amide bonds. The van der Waals surface area contributed by atoms with Crippen molar-refractivity contribution in [3.8, 4) is 0 Å². The molecule has 0 aliphatic carbocycles. The van der Waals surface area contributed by atoms with Gasteiger partial charge in [-0.2, -0.15) is 11.8 Å². The molecule has 0 atom stereocenters. The topological polar surface area (TPSA) is 55.1 Å². The SMILES string of the molecule is CCCNC(=O)CSCCCN. The normalized spacial score (nSPS) is 9.83. The number of carbonyl (C=O) groups is 1. The standard InChI is InChI=1S/C8H18N2OS/c1-2-5-10-8(11)7-12-6-3-4-9/h2-7,9H2,1H3,(H,10,11). The molecule has 0 aromatic rings. The molecule has 0 radical (unpaired) electrons. The van der Waals surface area contributed by atoms with Gasteiger partial charge in [0.25, 0.3) is 0 Å². The van der Waals surface area contributed by atoms with Crippen molar-refractivity contribution in [3.05, 3.63) is 0 Å². The molecule has 0 bridgehead atoms. The summed E-state index contributed by atoms with van der Waals surface area (Å²) < 4.78 is 0. The fourth-order valence-electron chi connectivity index (χ4n) is 0.666. The van der Waals surface area contributed by atoms with E-state index in [0.717, 1.165) is 25.1 Å². The van der Waals surface area contributed by atoms with E-state index in [2.05, 4.69) is 5.32 Å². The molecule has 0 spiro atoms. The molecular weight excluding hydrogens is 172 g/mol. The summed E-state index contributed by atoms with van der Waals surface area (Å²) in [6.07, 6.45) is 1.99. The maximum atomic E-state index is 11.0. The minimum atomic E-state index is 0.138. The Morgan fingerprint density at radius 1 is 1.58 bits per heavy atom. The van der Waals surface area contributed by atoms with Gasteiger partial charge >= 0.3 is 0 Å². The van der Waals surface area contributed by atoms with E-state index in [0.29, 0.717) is 12.3 Å². The van der Waals surface area contributed by atoms with Crippen LogP contribution in [0.5, 0.6) is 0 Å². The number of hydrogen-bond donors (Lipinski definition) is 2. The molecule has 0 aromatic carbocycles. The monoisotopic (exact) mass is 190 g/mol. The highest BCUT2D eigenvalue weighted by molar-refractivity contribution is 7.99. The van der Waals surface area contributed by atoms with Crippen molar-refractivity contribution >= 4 is 17.7 Å². The minimum Gasteiger partial charge on any atom is -0.355 e. The molecule has 0 saturated heterocycles. The van der Waals surface area contributed by atoms with Crippen LogP contribution in [0.15, 0.2) is 0 Å². The Labute approximate surface area is 78.5 Å². The van der Waals surface area contributed by atoms with Crippen molar-refractivity contribution in [3.63, 3.8) is 0 Å². The lowest BCUT2D eigenvalue weighted by molar-refractivity contribution is -0.118. The smallest absolute Gasteiger partial charge is 0.229 e. The second kappa shape index (κ2) is 8.87. The predicted octanol–water partition coefficient (Wildman–Crippen LogP) is 0.595. The van der Waals surface area contributed by atoms with Crippen molar-refractivity contribution in [2.45, 2.75) is 19.8 Å². The second-order valence-electron chi connectivity index (χ2n) is 2.54. The maximum Gasteiger partial charge on any atom is 0.229 e. The first-order valence-corrected chi connectivity index (χ1v) is 5.51. The average Bonchev–Trinajstić information content (AvgIpc) is 2.09. The quantitative estimate of drug-likeness (QED) is 0.578. The lowest BCUT2D eigenvalue weighted by atomic mass is 10.5. The molecule has 12 heavy (non-hydrogen) atoms. The van der Waals surface area contributed by atoms with Gasteiger partial charge in [0.1, 0.15) is 0 Å². The average molecular weight is 190 g/mol. The van der Waals surface area contributed by atoms with Crippen LogP contribution in [0.4, 0.5) is 0 Å². The summed E-state index contributed by atoms with van der Waals surface area (Å²) in [6, 6.07) is 0. The number of rotatable bonds is 7. The Kier molecular flexibility index (Phi) is 8.71. The fourth-order valence-corrected chi connectivity index (χ4v) is 1.47. The van der Waals surface area contributed by atoms with E-state index in [9.17, 15) is 4.79 Å². The van der Waals surface area contributed by atoms with Crippen LogP contribution >= 0.6 is 11.8 Å². The number of hydrogen-bond acceptors (Lipinski definition) is 3. The minimum absolute atomic E-state index is 0.138. The molecule has 72 valence electrons.